The van der Waals surface area contributed by atoms with E-state index in [-0.39, 0.29) is 11.5 Å². The number of rotatable bonds is 1. The van der Waals surface area contributed by atoms with Gasteiger partial charge in [0, 0.05) is 9.13 Å². The fourth-order valence-electron chi connectivity index (χ4n) is 1.44. The summed E-state index contributed by atoms with van der Waals surface area (Å²) in [6.45, 7) is 0.761. The first kappa shape index (κ1) is 11.7. The molecular weight excluding hydrogens is 334 g/mol. The van der Waals surface area contributed by atoms with Crippen LogP contribution in [-0.4, -0.2) is 19.0 Å². The van der Waals surface area contributed by atoms with Gasteiger partial charge in [0.05, 0.1) is 12.1 Å². The molecule has 1 heterocycles. The zero-order chi connectivity index (χ0) is 11.8. The van der Waals surface area contributed by atoms with Crippen molar-refractivity contribution in [1.29, 1.82) is 0 Å². The number of alkyl halides is 3. The third kappa shape index (κ3) is 2.31. The second-order valence-corrected chi connectivity index (χ2v) is 4.47. The van der Waals surface area contributed by atoms with Crippen molar-refractivity contribution in [2.24, 2.45) is 4.99 Å². The van der Waals surface area contributed by atoms with E-state index in [2.05, 4.69) is 4.99 Å². The van der Waals surface area contributed by atoms with Gasteiger partial charge in [0.15, 0.2) is 0 Å². The van der Waals surface area contributed by atoms with E-state index < -0.39 is 11.7 Å². The standard InChI is InChI=1S/C10H7F3INO/c11-10(12,13)8-5-6(14)1-2-7(8)9-15-3-4-16-9/h1-2,5H,3-4H2. The van der Waals surface area contributed by atoms with Gasteiger partial charge in [0.2, 0.25) is 5.90 Å². The summed E-state index contributed by atoms with van der Waals surface area (Å²) in [6.07, 6.45) is -4.38. The summed E-state index contributed by atoms with van der Waals surface area (Å²) >= 11 is 1.84. The van der Waals surface area contributed by atoms with Crippen LogP contribution in [0.4, 0.5) is 13.2 Å². The predicted octanol–water partition coefficient (Wildman–Crippen LogP) is 3.09. The first-order valence-electron chi connectivity index (χ1n) is 4.53. The van der Waals surface area contributed by atoms with E-state index >= 15 is 0 Å². The first-order valence-corrected chi connectivity index (χ1v) is 5.61. The third-order valence-electron chi connectivity index (χ3n) is 2.10. The van der Waals surface area contributed by atoms with E-state index in [9.17, 15) is 13.2 Å². The average molecular weight is 341 g/mol. The molecule has 0 fully saturated rings. The highest BCUT2D eigenvalue weighted by Gasteiger charge is 2.35. The number of hydrogen-bond acceptors (Lipinski definition) is 2. The maximum atomic E-state index is 12.8. The Hall–Kier alpha value is -0.790. The summed E-state index contributed by atoms with van der Waals surface area (Å²) < 4.78 is 43.9. The van der Waals surface area contributed by atoms with Gasteiger partial charge in [-0.1, -0.05) is 0 Å². The second-order valence-electron chi connectivity index (χ2n) is 3.22. The van der Waals surface area contributed by atoms with Crippen molar-refractivity contribution in [2.45, 2.75) is 6.18 Å². The Morgan fingerprint density at radius 2 is 2.06 bits per heavy atom. The molecule has 16 heavy (non-hydrogen) atoms. The zero-order valence-electron chi connectivity index (χ0n) is 8.01. The molecule has 0 unspecified atom stereocenters. The fraction of sp³-hybridized carbons (Fsp3) is 0.300. The minimum absolute atomic E-state index is 0.0189. The lowest BCUT2D eigenvalue weighted by Gasteiger charge is -2.12. The summed E-state index contributed by atoms with van der Waals surface area (Å²) in [6, 6.07) is 4.10. The van der Waals surface area contributed by atoms with Crippen molar-refractivity contribution in [2.75, 3.05) is 13.2 Å². The van der Waals surface area contributed by atoms with Crippen LogP contribution in [0.25, 0.3) is 0 Å². The van der Waals surface area contributed by atoms with Crippen molar-refractivity contribution in [3.05, 3.63) is 32.9 Å². The maximum Gasteiger partial charge on any atom is 0.417 e. The quantitative estimate of drug-likeness (QED) is 0.720. The van der Waals surface area contributed by atoms with Crippen LogP contribution >= 0.6 is 22.6 Å². The third-order valence-corrected chi connectivity index (χ3v) is 2.77. The molecule has 1 aliphatic heterocycles. The lowest BCUT2D eigenvalue weighted by molar-refractivity contribution is -0.137. The molecule has 0 aromatic heterocycles. The Labute approximate surface area is 104 Å². The Bertz CT molecular complexity index is 442. The zero-order valence-corrected chi connectivity index (χ0v) is 10.2. The molecular formula is C10H7F3INO. The van der Waals surface area contributed by atoms with Crippen LogP contribution < -0.4 is 0 Å². The van der Waals surface area contributed by atoms with E-state index in [1.807, 2.05) is 22.6 Å². The van der Waals surface area contributed by atoms with E-state index in [0.717, 1.165) is 6.07 Å². The molecule has 1 aromatic carbocycles. The fourth-order valence-corrected chi connectivity index (χ4v) is 1.93. The number of ether oxygens (including phenoxy) is 1. The van der Waals surface area contributed by atoms with Crippen LogP contribution in [0.15, 0.2) is 23.2 Å². The molecule has 0 saturated carbocycles. The van der Waals surface area contributed by atoms with Crippen LogP contribution in [0.3, 0.4) is 0 Å². The monoisotopic (exact) mass is 341 g/mol. The van der Waals surface area contributed by atoms with Gasteiger partial charge >= 0.3 is 6.18 Å². The van der Waals surface area contributed by atoms with Crippen LogP contribution in [0.5, 0.6) is 0 Å². The van der Waals surface area contributed by atoms with Crippen molar-refractivity contribution in [1.82, 2.24) is 0 Å². The van der Waals surface area contributed by atoms with Crippen molar-refractivity contribution in [3.8, 4) is 0 Å². The number of halogens is 4. The summed E-state index contributed by atoms with van der Waals surface area (Å²) in [7, 11) is 0. The molecule has 2 rings (SSSR count). The number of aliphatic imine (C=N–C) groups is 1. The van der Waals surface area contributed by atoms with Gasteiger partial charge in [0.1, 0.15) is 6.61 Å². The summed E-state index contributed by atoms with van der Waals surface area (Å²) in [4.78, 5) is 3.90. The molecule has 0 bridgehead atoms. The molecule has 86 valence electrons. The highest BCUT2D eigenvalue weighted by atomic mass is 127. The molecule has 1 aliphatic rings. The van der Waals surface area contributed by atoms with Gasteiger partial charge in [-0.15, -0.1) is 0 Å². The summed E-state index contributed by atoms with van der Waals surface area (Å²) in [5.41, 5.74) is -0.675. The lowest BCUT2D eigenvalue weighted by atomic mass is 10.1. The van der Waals surface area contributed by atoms with Crippen molar-refractivity contribution >= 4 is 28.5 Å². The Balaban J connectivity index is 2.52. The van der Waals surface area contributed by atoms with Gasteiger partial charge in [-0.05, 0) is 40.8 Å². The molecule has 0 amide bonds. The summed E-state index contributed by atoms with van der Waals surface area (Å²) in [5.74, 6) is 0.0868. The van der Waals surface area contributed by atoms with Gasteiger partial charge in [-0.25, -0.2) is 4.99 Å². The van der Waals surface area contributed by atoms with E-state index in [1.165, 1.54) is 6.07 Å². The molecule has 0 atom stereocenters. The van der Waals surface area contributed by atoms with Gasteiger partial charge in [0.25, 0.3) is 0 Å². The first-order chi connectivity index (χ1) is 7.48. The van der Waals surface area contributed by atoms with Crippen molar-refractivity contribution < 1.29 is 17.9 Å². The second kappa shape index (κ2) is 4.23. The highest BCUT2D eigenvalue weighted by molar-refractivity contribution is 14.1. The number of benzene rings is 1. The highest BCUT2D eigenvalue weighted by Crippen LogP contribution is 2.33. The van der Waals surface area contributed by atoms with E-state index in [1.54, 1.807) is 6.07 Å². The average Bonchev–Trinajstić information content (AvgIpc) is 2.69. The SMILES string of the molecule is FC(F)(F)c1cc(I)ccc1C1=NCCO1. The lowest BCUT2D eigenvalue weighted by Crippen LogP contribution is -2.14. The Morgan fingerprint density at radius 1 is 1.31 bits per heavy atom. The Morgan fingerprint density at radius 3 is 2.62 bits per heavy atom. The summed E-state index contributed by atoms with van der Waals surface area (Å²) in [5, 5.41) is 0. The molecule has 2 nitrogen and oxygen atoms in total. The molecule has 6 heteroatoms. The van der Waals surface area contributed by atoms with E-state index in [0.29, 0.717) is 16.7 Å². The topological polar surface area (TPSA) is 21.6 Å². The molecule has 0 radical (unpaired) electrons. The molecule has 1 aromatic rings. The maximum absolute atomic E-state index is 12.8. The molecule has 0 spiro atoms. The Kier molecular flexibility index (Phi) is 3.09. The van der Waals surface area contributed by atoms with E-state index in [4.69, 9.17) is 4.74 Å². The van der Waals surface area contributed by atoms with Crippen LogP contribution in [0.2, 0.25) is 0 Å². The van der Waals surface area contributed by atoms with Gasteiger partial charge < -0.3 is 4.74 Å². The molecule has 0 saturated heterocycles. The van der Waals surface area contributed by atoms with Crippen LogP contribution in [0.1, 0.15) is 11.1 Å². The molecule has 0 N–H and O–H groups in total. The largest absolute Gasteiger partial charge is 0.475 e. The van der Waals surface area contributed by atoms with Crippen molar-refractivity contribution in [3.63, 3.8) is 0 Å². The smallest absolute Gasteiger partial charge is 0.417 e. The minimum Gasteiger partial charge on any atom is -0.475 e. The van der Waals surface area contributed by atoms with Crippen LogP contribution in [0, 0.1) is 3.57 Å². The molecule has 0 aliphatic carbocycles. The normalized spacial score (nSPS) is 15.9. The number of hydrogen-bond donors (Lipinski definition) is 0. The van der Waals surface area contributed by atoms with Gasteiger partial charge in [-0.3, -0.25) is 0 Å². The van der Waals surface area contributed by atoms with Crippen LogP contribution in [-0.2, 0) is 10.9 Å². The predicted molar refractivity (Wildman–Crippen MR) is 61.5 cm³/mol. The minimum atomic E-state index is -4.38. The number of nitrogens with zero attached hydrogens (tertiary/aromatic N) is 1. The van der Waals surface area contributed by atoms with Gasteiger partial charge in [-0.2, -0.15) is 13.2 Å².